The Bertz CT molecular complexity index is 786. The largest absolute Gasteiger partial charge is 0.357 e. The summed E-state index contributed by atoms with van der Waals surface area (Å²) in [5, 5.41) is 0.194. The maximum atomic E-state index is 12.4. The summed E-state index contributed by atoms with van der Waals surface area (Å²) >= 11 is 5.98. The third-order valence-electron chi connectivity index (χ3n) is 4.06. The van der Waals surface area contributed by atoms with Crippen molar-refractivity contribution in [2.75, 3.05) is 22.7 Å². The van der Waals surface area contributed by atoms with Gasteiger partial charge in [-0.1, -0.05) is 36.6 Å². The Labute approximate surface area is 147 Å². The van der Waals surface area contributed by atoms with Crippen LogP contribution >= 0.6 is 11.6 Å². The number of benzene rings is 1. The number of rotatable bonds is 4. The second-order valence-corrected chi connectivity index (χ2v) is 7.90. The maximum Gasteiger partial charge on any atom is 0.263 e. The number of sulfonamides is 1. The van der Waals surface area contributed by atoms with Crippen molar-refractivity contribution in [3.05, 3.63) is 47.6 Å². The van der Waals surface area contributed by atoms with Gasteiger partial charge in [0.1, 0.15) is 10.7 Å². The zero-order chi connectivity index (χ0) is 17.0. The molecule has 0 saturated carbocycles. The topological polar surface area (TPSA) is 62.3 Å². The molecule has 1 saturated heterocycles. The van der Waals surface area contributed by atoms with Gasteiger partial charge in [0.05, 0.1) is 16.9 Å². The molecule has 24 heavy (non-hydrogen) atoms. The molecule has 7 heteroatoms. The summed E-state index contributed by atoms with van der Waals surface area (Å²) in [6, 6.07) is 9.96. The van der Waals surface area contributed by atoms with Gasteiger partial charge in [0.15, 0.2) is 0 Å². The maximum absolute atomic E-state index is 12.4. The van der Waals surface area contributed by atoms with Crippen LogP contribution in [0.15, 0.2) is 47.5 Å². The highest BCUT2D eigenvalue weighted by Crippen LogP contribution is 2.24. The van der Waals surface area contributed by atoms with Gasteiger partial charge in [-0.05, 0) is 37.1 Å². The van der Waals surface area contributed by atoms with Gasteiger partial charge < -0.3 is 4.90 Å². The Morgan fingerprint density at radius 3 is 2.33 bits per heavy atom. The van der Waals surface area contributed by atoms with Crippen LogP contribution in [0.5, 0.6) is 0 Å². The van der Waals surface area contributed by atoms with Gasteiger partial charge in [-0.25, -0.2) is 13.4 Å². The van der Waals surface area contributed by atoms with Crippen LogP contribution < -0.4 is 9.62 Å². The van der Waals surface area contributed by atoms with Crippen molar-refractivity contribution in [1.29, 1.82) is 0 Å². The monoisotopic (exact) mass is 365 g/mol. The molecule has 3 rings (SSSR count). The van der Waals surface area contributed by atoms with Crippen LogP contribution in [-0.4, -0.2) is 26.5 Å². The number of pyridine rings is 1. The first kappa shape index (κ1) is 17.0. The van der Waals surface area contributed by atoms with Gasteiger partial charge in [0.25, 0.3) is 10.0 Å². The molecule has 128 valence electrons. The molecule has 1 aliphatic rings. The van der Waals surface area contributed by atoms with E-state index in [-0.39, 0.29) is 9.92 Å². The molecule has 1 aliphatic heterocycles. The van der Waals surface area contributed by atoms with Gasteiger partial charge in [-0.3, -0.25) is 4.72 Å². The van der Waals surface area contributed by atoms with E-state index in [1.807, 2.05) is 6.07 Å². The zero-order valence-electron chi connectivity index (χ0n) is 13.3. The number of hydrogen-bond donors (Lipinski definition) is 1. The predicted molar refractivity (Wildman–Crippen MR) is 97.2 cm³/mol. The van der Waals surface area contributed by atoms with Crippen molar-refractivity contribution in [2.24, 2.45) is 0 Å². The summed E-state index contributed by atoms with van der Waals surface area (Å²) in [5.41, 5.74) is 0.425. The molecule has 1 N–H and O–H groups in total. The van der Waals surface area contributed by atoms with E-state index in [4.69, 9.17) is 11.6 Å². The molecule has 0 atom stereocenters. The van der Waals surface area contributed by atoms with Crippen LogP contribution in [0.3, 0.4) is 0 Å². The van der Waals surface area contributed by atoms with Crippen LogP contribution in [0.4, 0.5) is 11.5 Å². The second-order valence-electron chi connectivity index (χ2n) is 5.84. The van der Waals surface area contributed by atoms with Crippen LogP contribution in [0.25, 0.3) is 0 Å². The summed E-state index contributed by atoms with van der Waals surface area (Å²) in [7, 11) is -3.72. The van der Waals surface area contributed by atoms with Crippen molar-refractivity contribution in [2.45, 2.75) is 30.6 Å². The van der Waals surface area contributed by atoms with E-state index in [2.05, 4.69) is 14.6 Å². The Balaban J connectivity index is 1.75. The molecule has 0 unspecified atom stereocenters. The quantitative estimate of drug-likeness (QED) is 0.892. The highest BCUT2D eigenvalue weighted by Gasteiger charge is 2.18. The number of nitrogens with one attached hydrogen (secondary N) is 1. The van der Waals surface area contributed by atoms with E-state index in [0.717, 1.165) is 18.9 Å². The molecule has 0 amide bonds. The smallest absolute Gasteiger partial charge is 0.263 e. The third-order valence-corrected chi connectivity index (χ3v) is 5.94. The highest BCUT2D eigenvalue weighted by molar-refractivity contribution is 7.92. The summed E-state index contributed by atoms with van der Waals surface area (Å²) in [6.45, 7) is 2.00. The van der Waals surface area contributed by atoms with E-state index in [0.29, 0.717) is 5.69 Å². The minimum Gasteiger partial charge on any atom is -0.357 e. The molecule has 1 fully saturated rings. The third kappa shape index (κ3) is 3.99. The SMILES string of the molecule is O=S(=O)(Nc1ccc(N2CCCCCC2)nc1)c1ccccc1Cl. The molecule has 2 heterocycles. The van der Waals surface area contributed by atoms with Crippen molar-refractivity contribution < 1.29 is 8.42 Å². The molecular weight excluding hydrogens is 346 g/mol. The predicted octanol–water partition coefficient (Wildman–Crippen LogP) is 3.92. The fraction of sp³-hybridized carbons (Fsp3) is 0.353. The lowest BCUT2D eigenvalue weighted by atomic mass is 10.2. The van der Waals surface area contributed by atoms with Crippen LogP contribution in [-0.2, 0) is 10.0 Å². The average molecular weight is 366 g/mol. The van der Waals surface area contributed by atoms with E-state index in [9.17, 15) is 8.42 Å². The first-order valence-corrected chi connectivity index (χ1v) is 9.91. The molecule has 5 nitrogen and oxygen atoms in total. The van der Waals surface area contributed by atoms with Crippen LogP contribution in [0, 0.1) is 0 Å². The molecule has 1 aromatic carbocycles. The normalized spacial score (nSPS) is 15.8. The van der Waals surface area contributed by atoms with Gasteiger partial charge in [-0.15, -0.1) is 0 Å². The highest BCUT2D eigenvalue weighted by atomic mass is 35.5. The summed E-state index contributed by atoms with van der Waals surface area (Å²) in [4.78, 5) is 6.72. The summed E-state index contributed by atoms with van der Waals surface area (Å²) < 4.78 is 27.4. The molecule has 0 spiro atoms. The van der Waals surface area contributed by atoms with E-state index in [1.54, 1.807) is 30.5 Å². The van der Waals surface area contributed by atoms with E-state index < -0.39 is 10.0 Å². The molecule has 2 aromatic rings. The van der Waals surface area contributed by atoms with E-state index in [1.165, 1.54) is 31.7 Å². The van der Waals surface area contributed by atoms with Gasteiger partial charge in [0, 0.05) is 13.1 Å². The summed E-state index contributed by atoms with van der Waals surface area (Å²) in [5.74, 6) is 0.887. The standard InChI is InChI=1S/C17H20ClN3O2S/c18-15-7-3-4-8-16(15)24(22,23)20-14-9-10-17(19-13-14)21-11-5-1-2-6-12-21/h3-4,7-10,13,20H,1-2,5-6,11-12H2. The molecule has 0 bridgehead atoms. The van der Waals surface area contributed by atoms with Crippen molar-refractivity contribution in [3.8, 4) is 0 Å². The van der Waals surface area contributed by atoms with Gasteiger partial charge in [-0.2, -0.15) is 0 Å². The minimum absolute atomic E-state index is 0.0586. The minimum atomic E-state index is -3.72. The Morgan fingerprint density at radius 2 is 1.71 bits per heavy atom. The van der Waals surface area contributed by atoms with Crippen molar-refractivity contribution in [1.82, 2.24) is 4.98 Å². The number of anilines is 2. The Kier molecular flexibility index (Phi) is 5.26. The number of halogens is 1. The van der Waals surface area contributed by atoms with Crippen molar-refractivity contribution in [3.63, 3.8) is 0 Å². The lowest BCUT2D eigenvalue weighted by Gasteiger charge is -2.21. The van der Waals surface area contributed by atoms with Gasteiger partial charge in [0.2, 0.25) is 0 Å². The fourth-order valence-corrected chi connectivity index (χ4v) is 4.37. The van der Waals surface area contributed by atoms with Crippen molar-refractivity contribution >= 4 is 33.1 Å². The Hall–Kier alpha value is -1.79. The van der Waals surface area contributed by atoms with E-state index >= 15 is 0 Å². The van der Waals surface area contributed by atoms with Crippen LogP contribution in [0.1, 0.15) is 25.7 Å². The number of hydrogen-bond acceptors (Lipinski definition) is 4. The molecule has 1 aromatic heterocycles. The van der Waals surface area contributed by atoms with Gasteiger partial charge >= 0.3 is 0 Å². The average Bonchev–Trinajstić information content (AvgIpc) is 2.85. The second kappa shape index (κ2) is 7.40. The molecular formula is C17H20ClN3O2S. The van der Waals surface area contributed by atoms with Crippen LogP contribution in [0.2, 0.25) is 5.02 Å². The summed E-state index contributed by atoms with van der Waals surface area (Å²) in [6.07, 6.45) is 6.40. The number of nitrogens with zero attached hydrogens (tertiary/aromatic N) is 2. The lowest BCUT2D eigenvalue weighted by molar-refractivity contribution is 0.601. The first-order valence-electron chi connectivity index (χ1n) is 8.05. The zero-order valence-corrected chi connectivity index (χ0v) is 14.9. The molecule has 0 radical (unpaired) electrons. The first-order chi connectivity index (χ1) is 11.6. The lowest BCUT2D eigenvalue weighted by Crippen LogP contribution is -2.24. The fourth-order valence-electron chi connectivity index (χ4n) is 2.81. The number of aromatic nitrogens is 1. The Morgan fingerprint density at radius 1 is 1.00 bits per heavy atom. The molecule has 0 aliphatic carbocycles.